The lowest BCUT2D eigenvalue weighted by molar-refractivity contribution is 0.309. The summed E-state index contributed by atoms with van der Waals surface area (Å²) in [5.74, 6) is 1.35. The normalized spacial score (nSPS) is 21.1. The molecule has 0 unspecified atom stereocenters. The van der Waals surface area contributed by atoms with Gasteiger partial charge < -0.3 is 10.3 Å². The Hall–Kier alpha value is -1.24. The molecule has 0 spiro atoms. The predicted octanol–water partition coefficient (Wildman–Crippen LogP) is 1.33. The summed E-state index contributed by atoms with van der Waals surface area (Å²) < 4.78 is 5.24. The zero-order valence-corrected chi connectivity index (χ0v) is 10.2. The van der Waals surface area contributed by atoms with Gasteiger partial charge in [-0.3, -0.25) is 4.90 Å². The van der Waals surface area contributed by atoms with Crippen LogP contribution in [0.2, 0.25) is 0 Å². The first kappa shape index (κ1) is 10.9. The van der Waals surface area contributed by atoms with Gasteiger partial charge in [0, 0.05) is 19.1 Å². The molecule has 0 aliphatic carbocycles. The average Bonchev–Trinajstić information content (AvgIpc) is 3.00. The summed E-state index contributed by atoms with van der Waals surface area (Å²) in [5.41, 5.74) is 5.86. The van der Waals surface area contributed by atoms with Crippen molar-refractivity contribution in [2.24, 2.45) is 5.73 Å². The van der Waals surface area contributed by atoms with Crippen LogP contribution in [0, 0.1) is 0 Å². The first-order chi connectivity index (χ1) is 8.31. The van der Waals surface area contributed by atoms with E-state index >= 15 is 0 Å². The highest BCUT2D eigenvalue weighted by atomic mass is 32.1. The minimum Gasteiger partial charge on any atom is -0.333 e. The molecule has 0 aromatic carbocycles. The number of aromatic nitrogens is 2. The largest absolute Gasteiger partial charge is 0.333 e. The van der Waals surface area contributed by atoms with Crippen molar-refractivity contribution in [3.05, 3.63) is 23.3 Å². The van der Waals surface area contributed by atoms with Gasteiger partial charge in [-0.1, -0.05) is 11.2 Å². The van der Waals surface area contributed by atoms with E-state index in [2.05, 4.69) is 15.0 Å². The van der Waals surface area contributed by atoms with Crippen molar-refractivity contribution >= 4 is 11.3 Å². The third-order valence-electron chi connectivity index (χ3n) is 2.87. The van der Waals surface area contributed by atoms with Gasteiger partial charge in [0.15, 0.2) is 5.82 Å². The number of hydrogen-bond donors (Lipinski definition) is 1. The molecule has 2 N–H and O–H groups in total. The fraction of sp³-hybridized carbons (Fsp3) is 0.455. The van der Waals surface area contributed by atoms with Crippen molar-refractivity contribution in [2.75, 3.05) is 13.1 Å². The van der Waals surface area contributed by atoms with E-state index in [1.807, 2.05) is 17.5 Å². The minimum absolute atomic E-state index is 0.290. The van der Waals surface area contributed by atoms with E-state index < -0.39 is 0 Å². The summed E-state index contributed by atoms with van der Waals surface area (Å²) in [5, 5.41) is 6.00. The molecule has 0 saturated carbocycles. The van der Waals surface area contributed by atoms with Crippen molar-refractivity contribution < 1.29 is 4.52 Å². The van der Waals surface area contributed by atoms with Crippen molar-refractivity contribution in [1.29, 1.82) is 0 Å². The van der Waals surface area contributed by atoms with Crippen LogP contribution in [0.3, 0.4) is 0 Å². The van der Waals surface area contributed by atoms with Gasteiger partial charge >= 0.3 is 0 Å². The van der Waals surface area contributed by atoms with Crippen LogP contribution in [0.15, 0.2) is 22.0 Å². The number of rotatable bonds is 3. The lowest BCUT2D eigenvalue weighted by Gasteiger charge is -2.11. The predicted molar refractivity (Wildman–Crippen MR) is 65.5 cm³/mol. The fourth-order valence-corrected chi connectivity index (χ4v) is 2.67. The quantitative estimate of drug-likeness (QED) is 0.890. The van der Waals surface area contributed by atoms with Gasteiger partial charge in [-0.2, -0.15) is 4.98 Å². The van der Waals surface area contributed by atoms with E-state index in [4.69, 9.17) is 10.3 Å². The molecule has 5 nitrogen and oxygen atoms in total. The van der Waals surface area contributed by atoms with E-state index in [1.54, 1.807) is 11.3 Å². The van der Waals surface area contributed by atoms with E-state index in [9.17, 15) is 0 Å². The number of nitrogens with zero attached hydrogens (tertiary/aromatic N) is 3. The molecule has 17 heavy (non-hydrogen) atoms. The molecule has 3 rings (SSSR count). The van der Waals surface area contributed by atoms with Crippen LogP contribution < -0.4 is 5.73 Å². The Balaban J connectivity index is 1.69. The molecule has 90 valence electrons. The molecular weight excluding hydrogens is 236 g/mol. The van der Waals surface area contributed by atoms with Crippen LogP contribution in [0.4, 0.5) is 0 Å². The highest BCUT2D eigenvalue weighted by molar-refractivity contribution is 7.13. The Morgan fingerprint density at radius 2 is 2.53 bits per heavy atom. The SMILES string of the molecule is N[C@@H]1CCN(Cc2noc(-c3cccs3)n2)C1. The lowest BCUT2D eigenvalue weighted by atomic mass is 10.3. The highest BCUT2D eigenvalue weighted by Crippen LogP contribution is 2.22. The maximum absolute atomic E-state index is 5.86. The molecule has 6 heteroatoms. The third kappa shape index (κ3) is 2.38. The number of thiophene rings is 1. The van der Waals surface area contributed by atoms with Crippen LogP contribution in [-0.2, 0) is 6.54 Å². The molecular formula is C11H14N4OS. The van der Waals surface area contributed by atoms with Gasteiger partial charge in [0.1, 0.15) is 0 Å². The van der Waals surface area contributed by atoms with Gasteiger partial charge in [-0.25, -0.2) is 0 Å². The summed E-state index contributed by atoms with van der Waals surface area (Å²) in [4.78, 5) is 7.66. The molecule has 1 fully saturated rings. The van der Waals surface area contributed by atoms with E-state index in [-0.39, 0.29) is 0 Å². The van der Waals surface area contributed by atoms with Crippen molar-refractivity contribution in [1.82, 2.24) is 15.0 Å². The van der Waals surface area contributed by atoms with Crippen LogP contribution in [-0.4, -0.2) is 34.2 Å². The molecule has 1 aliphatic heterocycles. The van der Waals surface area contributed by atoms with Gasteiger partial charge in [0.05, 0.1) is 11.4 Å². The highest BCUT2D eigenvalue weighted by Gasteiger charge is 2.21. The van der Waals surface area contributed by atoms with E-state index in [0.717, 1.165) is 36.8 Å². The van der Waals surface area contributed by atoms with Crippen LogP contribution in [0.25, 0.3) is 10.8 Å². The monoisotopic (exact) mass is 250 g/mol. The van der Waals surface area contributed by atoms with Gasteiger partial charge in [0.2, 0.25) is 0 Å². The van der Waals surface area contributed by atoms with Gasteiger partial charge in [-0.05, 0) is 17.9 Å². The lowest BCUT2D eigenvalue weighted by Crippen LogP contribution is -2.26. The van der Waals surface area contributed by atoms with Gasteiger partial charge in [0.25, 0.3) is 5.89 Å². The molecule has 2 aromatic rings. The second-order valence-corrected chi connectivity index (χ2v) is 5.22. The van der Waals surface area contributed by atoms with E-state index in [0.29, 0.717) is 11.9 Å². The Morgan fingerprint density at radius 1 is 1.59 bits per heavy atom. The summed E-state index contributed by atoms with van der Waals surface area (Å²) in [6, 6.07) is 4.25. The number of hydrogen-bond acceptors (Lipinski definition) is 6. The Morgan fingerprint density at radius 3 is 3.24 bits per heavy atom. The van der Waals surface area contributed by atoms with E-state index in [1.165, 1.54) is 0 Å². The molecule has 1 saturated heterocycles. The van der Waals surface area contributed by atoms with Crippen LogP contribution in [0.1, 0.15) is 12.2 Å². The van der Waals surface area contributed by atoms with Crippen molar-refractivity contribution in [3.63, 3.8) is 0 Å². The van der Waals surface area contributed by atoms with Crippen LogP contribution in [0.5, 0.6) is 0 Å². The second kappa shape index (κ2) is 4.56. The Kier molecular flexibility index (Phi) is 2.92. The molecule has 0 amide bonds. The summed E-state index contributed by atoms with van der Waals surface area (Å²) in [6.45, 7) is 2.66. The minimum atomic E-state index is 0.290. The summed E-state index contributed by atoms with van der Waals surface area (Å²) in [6.07, 6.45) is 1.05. The first-order valence-electron chi connectivity index (χ1n) is 5.65. The van der Waals surface area contributed by atoms with Crippen LogP contribution >= 0.6 is 11.3 Å². The first-order valence-corrected chi connectivity index (χ1v) is 6.53. The maximum atomic E-state index is 5.86. The maximum Gasteiger partial charge on any atom is 0.268 e. The zero-order chi connectivity index (χ0) is 11.7. The fourth-order valence-electron chi connectivity index (χ4n) is 2.02. The third-order valence-corrected chi connectivity index (χ3v) is 3.73. The van der Waals surface area contributed by atoms with Crippen molar-refractivity contribution in [2.45, 2.75) is 19.0 Å². The summed E-state index contributed by atoms with van der Waals surface area (Å²) >= 11 is 1.60. The molecule has 2 aromatic heterocycles. The zero-order valence-electron chi connectivity index (χ0n) is 9.37. The Labute approximate surface area is 103 Å². The van der Waals surface area contributed by atoms with Crippen molar-refractivity contribution in [3.8, 4) is 10.8 Å². The smallest absolute Gasteiger partial charge is 0.268 e. The molecule has 0 bridgehead atoms. The molecule has 0 radical (unpaired) electrons. The molecule has 1 atom stereocenters. The molecule has 3 heterocycles. The molecule has 1 aliphatic rings. The topological polar surface area (TPSA) is 68.2 Å². The average molecular weight is 250 g/mol. The standard InChI is InChI=1S/C11H14N4OS/c12-8-3-4-15(6-8)7-10-13-11(16-14-10)9-2-1-5-17-9/h1-2,5,8H,3-4,6-7,12H2/t8-/m1/s1. The Bertz CT molecular complexity index is 481. The van der Waals surface area contributed by atoms with Gasteiger partial charge in [-0.15, -0.1) is 11.3 Å². The second-order valence-electron chi connectivity index (χ2n) is 4.28. The number of nitrogens with two attached hydrogens (primary N) is 1. The summed E-state index contributed by atoms with van der Waals surface area (Å²) in [7, 11) is 0. The number of likely N-dealkylation sites (tertiary alicyclic amines) is 1.